The topological polar surface area (TPSA) is 26.8 Å². The first-order valence-corrected chi connectivity index (χ1v) is 11.3. The van der Waals surface area contributed by atoms with Crippen LogP contribution in [0.2, 0.25) is 0 Å². The molecule has 0 aliphatic carbocycles. The third-order valence-corrected chi connectivity index (χ3v) is 6.46. The van der Waals surface area contributed by atoms with Crippen LogP contribution in [-0.2, 0) is 0 Å². The van der Waals surface area contributed by atoms with Crippen LogP contribution < -0.4 is 4.90 Å². The summed E-state index contributed by atoms with van der Waals surface area (Å²) < 4.78 is 0. The molecular weight excluding hydrogens is 370 g/mol. The van der Waals surface area contributed by atoms with Crippen molar-refractivity contribution in [2.24, 2.45) is 0 Å². The molecule has 4 rings (SSSR count). The minimum Gasteiger partial charge on any atom is -0.371 e. The van der Waals surface area contributed by atoms with Gasteiger partial charge >= 0.3 is 0 Å². The summed E-state index contributed by atoms with van der Waals surface area (Å²) in [5.74, 6) is 0.0116. The number of carbonyl (C=O) groups excluding carboxylic acids is 1. The molecule has 0 atom stereocenters. The first-order chi connectivity index (χ1) is 14.7. The van der Waals surface area contributed by atoms with Crippen LogP contribution >= 0.6 is 0 Å². The second kappa shape index (κ2) is 9.94. The molecule has 2 fully saturated rings. The van der Waals surface area contributed by atoms with Gasteiger partial charge in [0.25, 0.3) is 5.91 Å². The Morgan fingerprint density at radius 2 is 1.57 bits per heavy atom. The van der Waals surface area contributed by atoms with E-state index in [-0.39, 0.29) is 5.91 Å². The lowest BCUT2D eigenvalue weighted by molar-refractivity contribution is 0.0851. The van der Waals surface area contributed by atoms with Crippen LogP contribution in [0, 0.1) is 0 Å². The van der Waals surface area contributed by atoms with E-state index >= 15 is 0 Å². The molecule has 0 N–H and O–H groups in total. The number of benzene rings is 2. The molecule has 2 heterocycles. The van der Waals surface area contributed by atoms with Gasteiger partial charge in [0.2, 0.25) is 0 Å². The predicted octanol–water partition coefficient (Wildman–Crippen LogP) is 4.88. The molecule has 0 saturated carbocycles. The third kappa shape index (κ3) is 5.11. The Balaban J connectivity index is 1.31. The summed E-state index contributed by atoms with van der Waals surface area (Å²) in [6, 6.07) is 18.9. The number of likely N-dealkylation sites (tertiary alicyclic amines) is 1. The number of hydrogen-bond donors (Lipinski definition) is 0. The van der Waals surface area contributed by atoms with Gasteiger partial charge in [0, 0.05) is 43.6 Å². The van der Waals surface area contributed by atoms with Crippen LogP contribution in [0.3, 0.4) is 0 Å². The van der Waals surface area contributed by atoms with Gasteiger partial charge < -0.3 is 14.7 Å². The molecule has 1 amide bonds. The standard InChI is InChI=1S/C26H33N3O/c1-27(19-14-22-8-4-2-5-9-22)26(30)23-10-12-24(13-11-23)29-20-15-25(16-21-29)28-17-6-3-7-18-28/h2,4-5,8-14,19,25H,3,6-7,15-18,20-21H2,1H3. The first-order valence-electron chi connectivity index (χ1n) is 11.3. The summed E-state index contributed by atoms with van der Waals surface area (Å²) in [4.78, 5) is 19.5. The van der Waals surface area contributed by atoms with E-state index < -0.39 is 0 Å². The highest BCUT2D eigenvalue weighted by Gasteiger charge is 2.25. The van der Waals surface area contributed by atoms with Crippen molar-refractivity contribution in [3.05, 3.63) is 71.9 Å². The largest absolute Gasteiger partial charge is 0.371 e. The van der Waals surface area contributed by atoms with E-state index in [1.54, 1.807) is 11.9 Å². The predicted molar refractivity (Wildman–Crippen MR) is 125 cm³/mol. The maximum absolute atomic E-state index is 12.7. The highest BCUT2D eigenvalue weighted by molar-refractivity contribution is 5.95. The summed E-state index contributed by atoms with van der Waals surface area (Å²) >= 11 is 0. The van der Waals surface area contributed by atoms with Crippen molar-refractivity contribution in [1.29, 1.82) is 0 Å². The molecule has 158 valence electrons. The highest BCUT2D eigenvalue weighted by atomic mass is 16.2. The molecule has 2 aromatic rings. The van der Waals surface area contributed by atoms with Gasteiger partial charge in [-0.1, -0.05) is 36.8 Å². The number of rotatable bonds is 5. The Morgan fingerprint density at radius 1 is 0.900 bits per heavy atom. The van der Waals surface area contributed by atoms with Gasteiger partial charge in [0.15, 0.2) is 0 Å². The van der Waals surface area contributed by atoms with Gasteiger partial charge in [-0.2, -0.15) is 0 Å². The van der Waals surface area contributed by atoms with Gasteiger partial charge in [-0.25, -0.2) is 0 Å². The molecule has 4 nitrogen and oxygen atoms in total. The zero-order valence-electron chi connectivity index (χ0n) is 18.0. The Labute approximate surface area is 180 Å². The van der Waals surface area contributed by atoms with Crippen LogP contribution in [0.25, 0.3) is 6.08 Å². The molecule has 0 spiro atoms. The second-order valence-electron chi connectivity index (χ2n) is 8.50. The van der Waals surface area contributed by atoms with Gasteiger partial charge in [-0.05, 0) is 74.7 Å². The fourth-order valence-corrected chi connectivity index (χ4v) is 4.62. The fraction of sp³-hybridized carbons (Fsp3) is 0.423. The SMILES string of the molecule is CN(C=Cc1ccccc1)C(=O)c1ccc(N2CCC(N3CCCCC3)CC2)cc1. The van der Waals surface area contributed by atoms with Crippen LogP contribution in [0.4, 0.5) is 5.69 Å². The van der Waals surface area contributed by atoms with Crippen molar-refractivity contribution in [2.45, 2.75) is 38.1 Å². The van der Waals surface area contributed by atoms with Gasteiger partial charge in [0.05, 0.1) is 0 Å². The van der Waals surface area contributed by atoms with E-state index in [2.05, 4.69) is 21.9 Å². The van der Waals surface area contributed by atoms with E-state index in [1.807, 2.05) is 54.7 Å². The highest BCUT2D eigenvalue weighted by Crippen LogP contribution is 2.25. The smallest absolute Gasteiger partial charge is 0.257 e. The lowest BCUT2D eigenvalue weighted by Gasteiger charge is -2.41. The molecule has 2 saturated heterocycles. The van der Waals surface area contributed by atoms with Crippen LogP contribution in [0.1, 0.15) is 48.0 Å². The Bertz CT molecular complexity index is 832. The number of hydrogen-bond acceptors (Lipinski definition) is 3. The normalized spacial score (nSPS) is 18.6. The fourth-order valence-electron chi connectivity index (χ4n) is 4.62. The molecular formula is C26H33N3O. The minimum absolute atomic E-state index is 0.0116. The summed E-state index contributed by atoms with van der Waals surface area (Å²) in [6.07, 6.45) is 10.4. The van der Waals surface area contributed by atoms with E-state index in [1.165, 1.54) is 50.9 Å². The molecule has 0 unspecified atom stereocenters. The first kappa shape index (κ1) is 20.7. The maximum atomic E-state index is 12.7. The Kier molecular flexibility index (Phi) is 6.85. The average Bonchev–Trinajstić information content (AvgIpc) is 2.83. The second-order valence-corrected chi connectivity index (χ2v) is 8.50. The molecule has 0 radical (unpaired) electrons. The van der Waals surface area contributed by atoms with Crippen molar-refractivity contribution in [3.8, 4) is 0 Å². The summed E-state index contributed by atoms with van der Waals surface area (Å²) in [5, 5.41) is 0. The summed E-state index contributed by atoms with van der Waals surface area (Å²) in [7, 11) is 1.81. The minimum atomic E-state index is 0.0116. The number of piperidine rings is 2. The van der Waals surface area contributed by atoms with Gasteiger partial charge in [-0.15, -0.1) is 0 Å². The molecule has 0 bridgehead atoms. The molecule has 0 aromatic heterocycles. The summed E-state index contributed by atoms with van der Waals surface area (Å²) in [6.45, 7) is 4.78. The zero-order valence-corrected chi connectivity index (χ0v) is 18.0. The molecule has 2 aromatic carbocycles. The molecule has 2 aliphatic heterocycles. The van der Waals surface area contributed by atoms with Crippen molar-refractivity contribution in [3.63, 3.8) is 0 Å². The Morgan fingerprint density at radius 3 is 2.23 bits per heavy atom. The van der Waals surface area contributed by atoms with E-state index in [9.17, 15) is 4.79 Å². The van der Waals surface area contributed by atoms with E-state index in [0.717, 1.165) is 30.3 Å². The number of nitrogens with zero attached hydrogens (tertiary/aromatic N) is 3. The zero-order chi connectivity index (χ0) is 20.8. The Hall–Kier alpha value is -2.59. The molecule has 4 heteroatoms. The lowest BCUT2D eigenvalue weighted by Crippen LogP contribution is -2.46. The van der Waals surface area contributed by atoms with Crippen LogP contribution in [0.5, 0.6) is 0 Å². The average molecular weight is 404 g/mol. The van der Waals surface area contributed by atoms with Crippen molar-refractivity contribution in [1.82, 2.24) is 9.80 Å². The van der Waals surface area contributed by atoms with Crippen molar-refractivity contribution in [2.75, 3.05) is 38.1 Å². The van der Waals surface area contributed by atoms with E-state index in [4.69, 9.17) is 0 Å². The quantitative estimate of drug-likeness (QED) is 0.712. The van der Waals surface area contributed by atoms with Crippen molar-refractivity contribution >= 4 is 17.7 Å². The maximum Gasteiger partial charge on any atom is 0.257 e. The molecule has 30 heavy (non-hydrogen) atoms. The third-order valence-electron chi connectivity index (χ3n) is 6.46. The summed E-state index contributed by atoms with van der Waals surface area (Å²) in [5.41, 5.74) is 3.04. The lowest BCUT2D eigenvalue weighted by atomic mass is 9.99. The van der Waals surface area contributed by atoms with Gasteiger partial charge in [-0.3, -0.25) is 4.79 Å². The number of carbonyl (C=O) groups is 1. The van der Waals surface area contributed by atoms with E-state index in [0.29, 0.717) is 0 Å². The monoisotopic (exact) mass is 403 g/mol. The van der Waals surface area contributed by atoms with Crippen LogP contribution in [0.15, 0.2) is 60.8 Å². The van der Waals surface area contributed by atoms with Crippen molar-refractivity contribution < 1.29 is 4.79 Å². The van der Waals surface area contributed by atoms with Gasteiger partial charge in [0.1, 0.15) is 0 Å². The van der Waals surface area contributed by atoms with Crippen LogP contribution in [-0.4, -0.2) is 55.0 Å². The number of anilines is 1. The number of amides is 1. The molecule has 2 aliphatic rings.